The van der Waals surface area contributed by atoms with Crippen LogP contribution in [0, 0.1) is 0 Å². The highest BCUT2D eigenvalue weighted by molar-refractivity contribution is 5.93. The van der Waals surface area contributed by atoms with Crippen LogP contribution in [-0.2, 0) is 18.8 Å². The zero-order valence-corrected chi connectivity index (χ0v) is 14.4. The summed E-state index contributed by atoms with van der Waals surface area (Å²) < 4.78 is 8.96. The van der Waals surface area contributed by atoms with E-state index in [1.807, 2.05) is 36.0 Å². The lowest BCUT2D eigenvalue weighted by atomic mass is 10.2. The molecule has 7 heteroatoms. The zero-order chi connectivity index (χ0) is 16.9. The number of nitrogens with one attached hydrogen (secondary N) is 1. The molecule has 0 saturated carbocycles. The van der Waals surface area contributed by atoms with Gasteiger partial charge in [0, 0.05) is 39.9 Å². The first-order valence-corrected chi connectivity index (χ1v) is 8.39. The minimum Gasteiger partial charge on any atom is -0.379 e. The topological polar surface area (TPSA) is 64.3 Å². The van der Waals surface area contributed by atoms with Gasteiger partial charge in [0.1, 0.15) is 11.4 Å². The largest absolute Gasteiger partial charge is 0.379 e. The third kappa shape index (κ3) is 3.85. The van der Waals surface area contributed by atoms with E-state index < -0.39 is 0 Å². The number of nitrogens with zero attached hydrogens (tertiary/aromatic N) is 4. The highest BCUT2D eigenvalue weighted by atomic mass is 16.5. The van der Waals surface area contributed by atoms with Crippen LogP contribution in [0.25, 0.3) is 11.4 Å². The van der Waals surface area contributed by atoms with E-state index in [-0.39, 0.29) is 5.91 Å². The minimum absolute atomic E-state index is 0.0764. The van der Waals surface area contributed by atoms with E-state index in [1.165, 1.54) is 0 Å². The molecule has 2 aromatic heterocycles. The van der Waals surface area contributed by atoms with Gasteiger partial charge in [-0.2, -0.15) is 5.10 Å². The molecule has 1 aliphatic rings. The van der Waals surface area contributed by atoms with Gasteiger partial charge in [-0.1, -0.05) is 0 Å². The van der Waals surface area contributed by atoms with Gasteiger partial charge in [0.2, 0.25) is 0 Å². The van der Waals surface area contributed by atoms with Crippen LogP contribution in [0.3, 0.4) is 0 Å². The van der Waals surface area contributed by atoms with Crippen molar-refractivity contribution in [3.05, 3.63) is 30.1 Å². The number of aromatic nitrogens is 3. The molecule has 0 unspecified atom stereocenters. The van der Waals surface area contributed by atoms with Crippen molar-refractivity contribution in [3.63, 3.8) is 0 Å². The summed E-state index contributed by atoms with van der Waals surface area (Å²) in [6.07, 6.45) is 2.91. The molecule has 1 aliphatic heterocycles. The Balaban J connectivity index is 1.51. The second-order valence-electron chi connectivity index (χ2n) is 6.11. The smallest absolute Gasteiger partial charge is 0.269 e. The third-order valence-electron chi connectivity index (χ3n) is 4.36. The fraction of sp³-hybridized carbons (Fsp3) is 0.529. The molecule has 130 valence electrons. The molecule has 1 N–H and O–H groups in total. The van der Waals surface area contributed by atoms with Crippen molar-refractivity contribution in [2.45, 2.75) is 6.42 Å². The Morgan fingerprint density at radius 2 is 2.12 bits per heavy atom. The molecular weight excluding hydrogens is 306 g/mol. The lowest BCUT2D eigenvalue weighted by molar-refractivity contribution is 0.0374. The van der Waals surface area contributed by atoms with Crippen LogP contribution in [0.4, 0.5) is 0 Å². The molecule has 2 aromatic rings. The van der Waals surface area contributed by atoms with Crippen LogP contribution in [-0.4, -0.2) is 64.5 Å². The standard InChI is InChI=1S/C17H25N5O2/c1-20-7-3-5-15(20)14-13-16(21(2)19-14)17(23)18-6-4-8-22-9-11-24-12-10-22/h3,5,7,13H,4,6,8-12H2,1-2H3,(H,18,23). The summed E-state index contributed by atoms with van der Waals surface area (Å²) in [6.45, 7) is 5.24. The first-order chi connectivity index (χ1) is 11.6. The minimum atomic E-state index is -0.0764. The van der Waals surface area contributed by atoms with E-state index in [9.17, 15) is 4.79 Å². The number of rotatable bonds is 6. The number of ether oxygens (including phenoxy) is 1. The van der Waals surface area contributed by atoms with Crippen molar-refractivity contribution in [1.29, 1.82) is 0 Å². The lowest BCUT2D eigenvalue weighted by Gasteiger charge is -2.26. The maximum atomic E-state index is 12.4. The van der Waals surface area contributed by atoms with Gasteiger partial charge in [0.15, 0.2) is 0 Å². The molecular formula is C17H25N5O2. The number of carbonyl (C=O) groups excluding carboxylic acids is 1. The van der Waals surface area contributed by atoms with E-state index in [1.54, 1.807) is 11.7 Å². The molecule has 1 amide bonds. The van der Waals surface area contributed by atoms with E-state index in [2.05, 4.69) is 15.3 Å². The van der Waals surface area contributed by atoms with Gasteiger partial charge in [-0.15, -0.1) is 0 Å². The van der Waals surface area contributed by atoms with E-state index in [0.717, 1.165) is 50.7 Å². The number of morpholine rings is 1. The monoisotopic (exact) mass is 331 g/mol. The summed E-state index contributed by atoms with van der Waals surface area (Å²) in [4.78, 5) is 14.7. The summed E-state index contributed by atoms with van der Waals surface area (Å²) in [7, 11) is 3.77. The summed E-state index contributed by atoms with van der Waals surface area (Å²) in [5, 5.41) is 7.44. The molecule has 1 saturated heterocycles. The van der Waals surface area contributed by atoms with Crippen molar-refractivity contribution in [2.24, 2.45) is 14.1 Å². The SMILES string of the molecule is Cn1cccc1-c1cc(C(=O)NCCCN2CCOCC2)n(C)n1. The highest BCUT2D eigenvalue weighted by Gasteiger charge is 2.15. The molecule has 24 heavy (non-hydrogen) atoms. The molecule has 3 rings (SSSR count). The molecule has 0 radical (unpaired) electrons. The van der Waals surface area contributed by atoms with Crippen LogP contribution in [0.1, 0.15) is 16.9 Å². The van der Waals surface area contributed by atoms with Gasteiger partial charge in [-0.25, -0.2) is 0 Å². The van der Waals surface area contributed by atoms with Gasteiger partial charge < -0.3 is 14.6 Å². The van der Waals surface area contributed by atoms with Crippen molar-refractivity contribution in [1.82, 2.24) is 24.6 Å². The van der Waals surface area contributed by atoms with Gasteiger partial charge in [-0.05, 0) is 31.2 Å². The summed E-state index contributed by atoms with van der Waals surface area (Å²) in [5.74, 6) is -0.0764. The first-order valence-electron chi connectivity index (χ1n) is 8.39. The predicted octanol–water partition coefficient (Wildman–Crippen LogP) is 0.878. The van der Waals surface area contributed by atoms with Crippen molar-refractivity contribution in [3.8, 4) is 11.4 Å². The van der Waals surface area contributed by atoms with Gasteiger partial charge in [-0.3, -0.25) is 14.4 Å². The number of amides is 1. The first kappa shape index (κ1) is 16.7. The quantitative estimate of drug-likeness (QED) is 0.798. The Labute approximate surface area is 142 Å². The zero-order valence-electron chi connectivity index (χ0n) is 14.4. The van der Waals surface area contributed by atoms with Crippen LogP contribution in [0.2, 0.25) is 0 Å². The Hall–Kier alpha value is -2.12. The second kappa shape index (κ2) is 7.63. The Kier molecular flexibility index (Phi) is 5.32. The van der Waals surface area contributed by atoms with Crippen LogP contribution in [0.5, 0.6) is 0 Å². The Morgan fingerprint density at radius 1 is 1.33 bits per heavy atom. The fourth-order valence-electron chi connectivity index (χ4n) is 2.95. The molecule has 0 bridgehead atoms. The number of hydrogen-bond donors (Lipinski definition) is 1. The fourth-order valence-corrected chi connectivity index (χ4v) is 2.95. The highest BCUT2D eigenvalue weighted by Crippen LogP contribution is 2.18. The number of aryl methyl sites for hydroxylation is 2. The summed E-state index contributed by atoms with van der Waals surface area (Å²) in [5.41, 5.74) is 2.39. The van der Waals surface area contributed by atoms with Crippen molar-refractivity contribution >= 4 is 5.91 Å². The van der Waals surface area contributed by atoms with Crippen LogP contribution >= 0.6 is 0 Å². The Bertz CT molecular complexity index is 685. The summed E-state index contributed by atoms with van der Waals surface area (Å²) in [6, 6.07) is 5.80. The van der Waals surface area contributed by atoms with Gasteiger partial charge >= 0.3 is 0 Å². The third-order valence-corrected chi connectivity index (χ3v) is 4.36. The molecule has 1 fully saturated rings. The van der Waals surface area contributed by atoms with Crippen LogP contribution < -0.4 is 5.32 Å². The maximum absolute atomic E-state index is 12.4. The Morgan fingerprint density at radius 3 is 2.83 bits per heavy atom. The van der Waals surface area contributed by atoms with Gasteiger partial charge in [0.25, 0.3) is 5.91 Å². The normalized spacial score (nSPS) is 15.6. The van der Waals surface area contributed by atoms with Crippen LogP contribution in [0.15, 0.2) is 24.4 Å². The molecule has 0 atom stereocenters. The molecule has 7 nitrogen and oxygen atoms in total. The van der Waals surface area contributed by atoms with E-state index in [0.29, 0.717) is 12.2 Å². The summed E-state index contributed by atoms with van der Waals surface area (Å²) >= 11 is 0. The average Bonchev–Trinajstić information content (AvgIpc) is 3.18. The number of carbonyl (C=O) groups is 1. The molecule has 3 heterocycles. The molecule has 0 aromatic carbocycles. The van der Waals surface area contributed by atoms with E-state index in [4.69, 9.17) is 4.74 Å². The average molecular weight is 331 g/mol. The van der Waals surface area contributed by atoms with Crippen molar-refractivity contribution < 1.29 is 9.53 Å². The van der Waals surface area contributed by atoms with Crippen molar-refractivity contribution in [2.75, 3.05) is 39.4 Å². The molecule has 0 spiro atoms. The second-order valence-corrected chi connectivity index (χ2v) is 6.11. The maximum Gasteiger partial charge on any atom is 0.269 e. The molecule has 0 aliphatic carbocycles. The van der Waals surface area contributed by atoms with Gasteiger partial charge in [0.05, 0.1) is 18.9 Å². The van der Waals surface area contributed by atoms with E-state index >= 15 is 0 Å². The predicted molar refractivity (Wildman–Crippen MR) is 91.8 cm³/mol. The lowest BCUT2D eigenvalue weighted by Crippen LogP contribution is -2.38. The number of hydrogen-bond acceptors (Lipinski definition) is 4.